The highest BCUT2D eigenvalue weighted by Gasteiger charge is 2.51. The van der Waals surface area contributed by atoms with E-state index in [1.165, 1.54) is 97.8 Å². The molecule has 2 heterocycles. The second-order valence-electron chi connectivity index (χ2n) is 31.1. The fourth-order valence-electron chi connectivity index (χ4n) is 15.3. The Labute approximate surface area is 663 Å². The predicted molar refractivity (Wildman–Crippen MR) is 411 cm³/mol. The molecule has 3 aromatic rings. The highest BCUT2D eigenvalue weighted by molar-refractivity contribution is 6.00. The second-order valence-corrected chi connectivity index (χ2v) is 31.1. The number of nitrogens with one attached hydrogen (secondary N) is 3. The van der Waals surface area contributed by atoms with Gasteiger partial charge in [0.2, 0.25) is 65.0 Å². The van der Waals surface area contributed by atoms with Crippen molar-refractivity contribution in [2.24, 2.45) is 17.8 Å². The molecule has 3 aromatic carbocycles. The highest BCUT2D eigenvalue weighted by atomic mass is 19.4. The minimum atomic E-state index is -5.38. The number of benzene rings is 3. The van der Waals surface area contributed by atoms with Crippen LogP contribution in [0.5, 0.6) is 0 Å². The largest absolute Gasteiger partial charge is 0.479 e. The van der Waals surface area contributed by atoms with Crippen molar-refractivity contribution in [1.29, 1.82) is 0 Å². The number of aliphatic carboxylic acids is 1. The molecule has 4 aliphatic rings. The third-order valence-electron chi connectivity index (χ3n) is 22.5. The Bertz CT molecular complexity index is 4010. The van der Waals surface area contributed by atoms with Crippen LogP contribution in [0.15, 0.2) is 91.2 Å². The number of hydrogen-bond donors (Lipinski definition) is 4. The van der Waals surface area contributed by atoms with Gasteiger partial charge in [-0.3, -0.25) is 57.6 Å². The molecule has 4 N–H and O–H groups in total. The van der Waals surface area contributed by atoms with Crippen LogP contribution in [0.1, 0.15) is 153 Å². The summed E-state index contributed by atoms with van der Waals surface area (Å²) in [4.78, 5) is 199. The number of ether oxygens (including phenoxy) is 1. The molecule has 0 spiro atoms. The van der Waals surface area contributed by atoms with E-state index in [9.17, 15) is 79.8 Å². The summed E-state index contributed by atoms with van der Waals surface area (Å²) in [6, 6.07) is 4.80. The summed E-state index contributed by atoms with van der Waals surface area (Å²) in [5.74, 6) is -14.5. The van der Waals surface area contributed by atoms with E-state index in [1.807, 2.05) is 39.0 Å². The Morgan fingerprint density at radius 2 is 1.31 bits per heavy atom. The Hall–Kier alpha value is -10.3. The Kier molecular flexibility index (Phi) is 32.0. The van der Waals surface area contributed by atoms with Crippen LogP contribution in [0.25, 0.3) is 0 Å². The monoisotopic (exact) mass is 1600 g/mol. The van der Waals surface area contributed by atoms with Crippen LogP contribution in [-0.4, -0.2) is 255 Å². The van der Waals surface area contributed by atoms with Crippen molar-refractivity contribution < 1.29 is 94.1 Å². The number of rotatable bonds is 35. The van der Waals surface area contributed by atoms with Crippen molar-refractivity contribution in [3.63, 3.8) is 0 Å². The van der Waals surface area contributed by atoms with Gasteiger partial charge in [-0.15, -0.1) is 0 Å². The van der Waals surface area contributed by atoms with E-state index in [2.05, 4.69) is 16.0 Å². The average Bonchev–Trinajstić information content (AvgIpc) is 1.27. The summed E-state index contributed by atoms with van der Waals surface area (Å²) in [7, 11) is 9.89. The van der Waals surface area contributed by atoms with Gasteiger partial charge >= 0.3 is 18.2 Å². The maximum Gasteiger partial charge on any atom is 0.422 e. The predicted octanol–water partition coefficient (Wildman–Crippen LogP) is 7.41. The molecule has 2 aliphatic heterocycles. The number of allylic oxidation sites excluding steroid dienone is 2. The average molecular weight is 1600 g/mol. The molecule has 0 unspecified atom stereocenters. The van der Waals surface area contributed by atoms with Gasteiger partial charge in [0.05, 0.1) is 13.0 Å². The molecule has 2 aliphatic carbocycles. The van der Waals surface area contributed by atoms with Gasteiger partial charge in [-0.05, 0) is 125 Å². The number of carboxylic acid groups (broad SMARTS) is 1. The quantitative estimate of drug-likeness (QED) is 0.0417. The topological polar surface area (TPSA) is 317 Å². The SMILES string of the molecule is CC[C@H](C)[C@H](NC(=O)[C@H](CC(C)C)N(C)C(=O)C[C@@H](C(=O)N(C)C)N(C)C(=O)[C@H](C1CCCC1)N(C)C(=O)C1(NC(=O)OCc2ccccc2)CCCC1)C(=O)N(C)[C@@H](C)C(=O)N1CC[C@H]1C(=O)N(CC)[C@@H](Cc1ccc(C)cc1)C(=O)N(C)CC(=O)N[C@@H](CCc1cc(F)c(C(F)(F)F)c(F)c1)C(=O)N1C=CC=C[C@H]1C(=O)O. The molecule has 7 rings (SSSR count). The van der Waals surface area contributed by atoms with E-state index in [0.717, 1.165) is 50.9 Å². The number of hydrogen-bond acceptors (Lipinski definition) is 14. The number of likely N-dealkylation sites (tertiary alicyclic amines) is 1. The molecule has 32 heteroatoms. The summed E-state index contributed by atoms with van der Waals surface area (Å²) < 4.78 is 75.5. The number of amides is 12. The summed E-state index contributed by atoms with van der Waals surface area (Å²) in [5.41, 5.74) is -1.66. The number of nitrogens with zero attached hydrogens (tertiary/aromatic N) is 9. The van der Waals surface area contributed by atoms with Crippen LogP contribution in [0.2, 0.25) is 0 Å². The lowest BCUT2D eigenvalue weighted by Crippen LogP contribution is -2.65. The first-order chi connectivity index (χ1) is 53.7. The van der Waals surface area contributed by atoms with Crippen molar-refractivity contribution in [3.05, 3.63) is 131 Å². The summed E-state index contributed by atoms with van der Waals surface area (Å²) in [6.45, 7) is 11.2. The van der Waals surface area contributed by atoms with E-state index in [1.54, 1.807) is 57.2 Å². The van der Waals surface area contributed by atoms with Crippen molar-refractivity contribution in [3.8, 4) is 0 Å². The lowest BCUT2D eigenvalue weighted by Gasteiger charge is -2.45. The molecule has 624 valence electrons. The van der Waals surface area contributed by atoms with Crippen LogP contribution in [0.4, 0.5) is 26.7 Å². The van der Waals surface area contributed by atoms with E-state index in [0.29, 0.717) is 62.6 Å². The van der Waals surface area contributed by atoms with Gasteiger partial charge in [-0.1, -0.05) is 132 Å². The fourth-order valence-corrected chi connectivity index (χ4v) is 15.3. The molecule has 114 heavy (non-hydrogen) atoms. The Morgan fingerprint density at radius 3 is 1.86 bits per heavy atom. The smallest absolute Gasteiger partial charge is 0.422 e. The Morgan fingerprint density at radius 1 is 0.684 bits per heavy atom. The molecular formula is C82H111F5N12O15. The first-order valence-electron chi connectivity index (χ1n) is 38.9. The standard InChI is InChI=1S/C82H111F5N12O15/c1-15-51(6)68(89-70(102)62(42-49(3)4)94(12)66(101)46-63(73(105)91(8)9)95(13)77(109)69(56-28-20-21-29-56)96(14)79(112)81(38-23-24-39-81)90-80(113)114-48-54-26-18-17-19-27-54)76(108)93(11)52(7)71(103)99-41-37-60(99)75(107)97(16-2)64(45-53-33-31-50(5)32-34-53)74(106)92(10)47-65(100)88-59(72(104)98-40-25-22-30-61(98)78(110)111)36-35-55-43-57(83)67(58(84)44-55)82(85,86)87/h17-19,22,25-27,30-34,40,43-44,49,51-52,56,59-64,68-69H,15-16,20-21,23-24,28-29,35-39,41-42,45-48H2,1-14H3,(H,88,100)(H,89,102)(H,90,113)(H,110,111)/t51-,52-,59-,60-,61-,62-,63-,64-,68-,69-/m0/s1. The molecule has 10 atom stereocenters. The van der Waals surface area contributed by atoms with Crippen molar-refractivity contribution in [1.82, 2.24) is 60.0 Å². The zero-order chi connectivity index (χ0) is 84.5. The van der Waals surface area contributed by atoms with Gasteiger partial charge in [0.25, 0.3) is 0 Å². The van der Waals surface area contributed by atoms with E-state index in [4.69, 9.17) is 4.74 Å². The molecule has 1 saturated heterocycles. The molecular weight excluding hydrogens is 1490 g/mol. The molecule has 27 nitrogen and oxygen atoms in total. The van der Waals surface area contributed by atoms with E-state index in [-0.39, 0.29) is 56.4 Å². The van der Waals surface area contributed by atoms with Crippen molar-refractivity contribution >= 4 is 77.0 Å². The number of carboxylic acids is 1. The van der Waals surface area contributed by atoms with E-state index < -0.39 is 192 Å². The number of likely N-dealkylation sites (N-methyl/N-ethyl adjacent to an activating group) is 7. The van der Waals surface area contributed by atoms with Gasteiger partial charge in [0.15, 0.2) is 6.04 Å². The number of alkyl halides is 3. The van der Waals surface area contributed by atoms with Crippen LogP contribution in [0.3, 0.4) is 0 Å². The number of aryl methyl sites for hydroxylation is 2. The maximum absolute atomic E-state index is 15.3. The van der Waals surface area contributed by atoms with Gasteiger partial charge < -0.3 is 65.0 Å². The zero-order valence-corrected chi connectivity index (χ0v) is 67.6. The first-order valence-corrected chi connectivity index (χ1v) is 38.9. The minimum absolute atomic E-state index is 0.0370. The molecule has 0 radical (unpaired) electrons. The molecule has 0 bridgehead atoms. The third kappa shape index (κ3) is 22.4. The lowest BCUT2D eigenvalue weighted by molar-refractivity contribution is -0.160. The fraction of sp³-hybridized carbons (Fsp3) is 0.573. The van der Waals surface area contributed by atoms with Gasteiger partial charge in [-0.2, -0.15) is 13.2 Å². The summed E-state index contributed by atoms with van der Waals surface area (Å²) in [6.07, 6.45) is 2.13. The number of alkyl carbamates (subject to hydrolysis) is 1. The lowest BCUT2D eigenvalue weighted by atomic mass is 9.90. The molecule has 0 aromatic heterocycles. The van der Waals surface area contributed by atoms with E-state index >= 15 is 9.59 Å². The second kappa shape index (κ2) is 40.1. The van der Waals surface area contributed by atoms with Crippen LogP contribution in [0, 0.1) is 36.3 Å². The Balaban J connectivity index is 1.05. The van der Waals surface area contributed by atoms with Crippen LogP contribution in [-0.2, 0) is 87.9 Å². The zero-order valence-electron chi connectivity index (χ0n) is 67.6. The van der Waals surface area contributed by atoms with Crippen molar-refractivity contribution in [2.75, 3.05) is 69.0 Å². The molecule has 12 amide bonds. The maximum atomic E-state index is 15.3. The summed E-state index contributed by atoms with van der Waals surface area (Å²) >= 11 is 0. The summed E-state index contributed by atoms with van der Waals surface area (Å²) in [5, 5.41) is 18.2. The van der Waals surface area contributed by atoms with Crippen molar-refractivity contribution in [2.45, 2.75) is 217 Å². The van der Waals surface area contributed by atoms with Crippen LogP contribution >= 0.6 is 0 Å². The molecule has 3 fully saturated rings. The number of carbonyl (C=O) groups is 13. The number of halogens is 5. The third-order valence-corrected chi connectivity index (χ3v) is 22.5. The highest BCUT2D eigenvalue weighted by Crippen LogP contribution is 2.38. The van der Waals surface area contributed by atoms with Gasteiger partial charge in [-0.25, -0.2) is 18.4 Å². The normalized spacial score (nSPS) is 18.0. The van der Waals surface area contributed by atoms with Gasteiger partial charge in [0.1, 0.15) is 77.7 Å². The first kappa shape index (κ1) is 90.9. The van der Waals surface area contributed by atoms with Gasteiger partial charge in [0, 0.05) is 75.0 Å². The minimum Gasteiger partial charge on any atom is -0.479 e. The molecule has 2 saturated carbocycles. The number of carbonyl (C=O) groups excluding carboxylic acids is 12. The van der Waals surface area contributed by atoms with Crippen LogP contribution < -0.4 is 16.0 Å².